The van der Waals surface area contributed by atoms with Gasteiger partial charge in [-0.2, -0.15) is 5.10 Å². The van der Waals surface area contributed by atoms with Crippen LogP contribution in [0.4, 0.5) is 5.69 Å². The van der Waals surface area contributed by atoms with E-state index in [1.54, 1.807) is 60.7 Å². The third-order valence-corrected chi connectivity index (χ3v) is 7.80. The zero-order valence-corrected chi connectivity index (χ0v) is 23.1. The zero-order chi connectivity index (χ0) is 28.0. The Labute approximate surface area is 235 Å². The summed E-state index contributed by atoms with van der Waals surface area (Å²) in [6, 6.07) is 20.7. The fourth-order valence-electron chi connectivity index (χ4n) is 3.60. The van der Waals surface area contributed by atoms with E-state index in [4.69, 9.17) is 37.1 Å². The number of hydrazone groups is 1. The van der Waals surface area contributed by atoms with Crippen LogP contribution in [-0.4, -0.2) is 41.3 Å². The van der Waals surface area contributed by atoms with Crippen LogP contribution in [0.25, 0.3) is 11.3 Å². The van der Waals surface area contributed by atoms with E-state index in [9.17, 15) is 13.2 Å². The number of rotatable bonds is 10. The summed E-state index contributed by atoms with van der Waals surface area (Å²) in [7, 11) is -1.32. The summed E-state index contributed by atoms with van der Waals surface area (Å²) >= 11 is 12.2. The van der Waals surface area contributed by atoms with Gasteiger partial charge >= 0.3 is 0 Å². The first-order chi connectivity index (χ1) is 18.7. The van der Waals surface area contributed by atoms with Crippen molar-refractivity contribution in [3.8, 4) is 22.8 Å². The van der Waals surface area contributed by atoms with Crippen LogP contribution in [0.2, 0.25) is 10.0 Å². The highest BCUT2D eigenvalue weighted by molar-refractivity contribution is 7.92. The number of methoxy groups -OCH3 is 2. The van der Waals surface area contributed by atoms with Crippen molar-refractivity contribution < 1.29 is 27.1 Å². The number of halogens is 2. The van der Waals surface area contributed by atoms with E-state index in [-0.39, 0.29) is 16.3 Å². The van der Waals surface area contributed by atoms with Gasteiger partial charge in [0.25, 0.3) is 15.9 Å². The number of hydrogen-bond donors (Lipinski definition) is 1. The summed E-state index contributed by atoms with van der Waals surface area (Å²) < 4.78 is 44.5. The maximum Gasteiger partial charge on any atom is 0.264 e. The van der Waals surface area contributed by atoms with E-state index >= 15 is 0 Å². The Kier molecular flexibility index (Phi) is 8.80. The van der Waals surface area contributed by atoms with Crippen molar-refractivity contribution in [3.05, 3.63) is 94.7 Å². The van der Waals surface area contributed by atoms with Crippen LogP contribution >= 0.6 is 23.2 Å². The Balaban J connectivity index is 1.56. The molecule has 0 bridgehead atoms. The number of ether oxygens (including phenoxy) is 2. The number of anilines is 1. The van der Waals surface area contributed by atoms with Gasteiger partial charge in [-0.15, -0.1) is 0 Å². The average Bonchev–Trinajstić information content (AvgIpc) is 3.40. The molecule has 1 heterocycles. The number of carbonyl (C=O) groups excluding carboxylic acids is 1. The van der Waals surface area contributed by atoms with Gasteiger partial charge in [-0.1, -0.05) is 41.4 Å². The molecule has 1 aromatic heterocycles. The number of furan rings is 1. The molecular formula is C27H23Cl2N3O6S. The molecule has 3 aromatic carbocycles. The van der Waals surface area contributed by atoms with Crippen molar-refractivity contribution in [2.75, 3.05) is 25.1 Å². The largest absolute Gasteiger partial charge is 0.497 e. The van der Waals surface area contributed by atoms with E-state index in [0.29, 0.717) is 32.9 Å². The van der Waals surface area contributed by atoms with Crippen LogP contribution in [-0.2, 0) is 14.8 Å². The molecule has 202 valence electrons. The summed E-state index contributed by atoms with van der Waals surface area (Å²) in [5.74, 6) is 0.722. The fourth-order valence-corrected chi connectivity index (χ4v) is 5.55. The minimum Gasteiger partial charge on any atom is -0.497 e. The first kappa shape index (κ1) is 28.0. The van der Waals surface area contributed by atoms with Gasteiger partial charge in [0.15, 0.2) is 0 Å². The topological polar surface area (TPSA) is 110 Å². The second-order valence-corrected chi connectivity index (χ2v) is 10.7. The third-order valence-electron chi connectivity index (χ3n) is 5.48. The van der Waals surface area contributed by atoms with E-state index in [1.165, 1.54) is 38.6 Å². The number of amides is 1. The molecule has 12 heteroatoms. The second-order valence-electron chi connectivity index (χ2n) is 7.98. The molecule has 1 amide bonds. The lowest BCUT2D eigenvalue weighted by atomic mass is 10.2. The predicted molar refractivity (Wildman–Crippen MR) is 150 cm³/mol. The number of benzene rings is 3. The van der Waals surface area contributed by atoms with Crippen molar-refractivity contribution in [1.29, 1.82) is 0 Å². The zero-order valence-electron chi connectivity index (χ0n) is 20.8. The van der Waals surface area contributed by atoms with Crippen molar-refractivity contribution >= 4 is 51.0 Å². The molecule has 1 N–H and O–H groups in total. The molecule has 0 saturated carbocycles. The summed E-state index contributed by atoms with van der Waals surface area (Å²) in [6.07, 6.45) is 1.29. The van der Waals surface area contributed by atoms with E-state index in [1.807, 2.05) is 0 Å². The quantitative estimate of drug-likeness (QED) is 0.190. The van der Waals surface area contributed by atoms with Crippen LogP contribution < -0.4 is 19.2 Å². The Morgan fingerprint density at radius 3 is 2.46 bits per heavy atom. The molecule has 0 radical (unpaired) electrons. The molecule has 0 unspecified atom stereocenters. The molecule has 0 fully saturated rings. The lowest BCUT2D eigenvalue weighted by molar-refractivity contribution is -0.119. The normalized spacial score (nSPS) is 11.4. The Morgan fingerprint density at radius 1 is 1.00 bits per heavy atom. The summed E-state index contributed by atoms with van der Waals surface area (Å²) in [6.45, 7) is -0.595. The molecule has 0 spiro atoms. The molecule has 9 nitrogen and oxygen atoms in total. The van der Waals surface area contributed by atoms with Crippen LogP contribution in [0, 0.1) is 0 Å². The maximum atomic E-state index is 13.6. The van der Waals surface area contributed by atoms with Crippen LogP contribution in [0.3, 0.4) is 0 Å². The molecular weight excluding hydrogens is 565 g/mol. The molecule has 4 rings (SSSR count). The molecule has 0 aliphatic heterocycles. The molecule has 0 saturated heterocycles. The van der Waals surface area contributed by atoms with Crippen molar-refractivity contribution in [2.24, 2.45) is 5.10 Å². The predicted octanol–water partition coefficient (Wildman–Crippen LogP) is 5.62. The highest BCUT2D eigenvalue weighted by atomic mass is 35.5. The van der Waals surface area contributed by atoms with Gasteiger partial charge in [0.05, 0.1) is 36.0 Å². The summed E-state index contributed by atoms with van der Waals surface area (Å²) in [5.41, 5.74) is 3.10. The van der Waals surface area contributed by atoms with Gasteiger partial charge in [-0.3, -0.25) is 9.10 Å². The molecule has 0 aliphatic carbocycles. The minimum atomic E-state index is -4.17. The number of hydrogen-bond acceptors (Lipinski definition) is 7. The summed E-state index contributed by atoms with van der Waals surface area (Å²) in [4.78, 5) is 12.9. The maximum absolute atomic E-state index is 13.6. The molecule has 0 aliphatic rings. The number of sulfonamides is 1. The van der Waals surface area contributed by atoms with Crippen molar-refractivity contribution in [1.82, 2.24) is 5.43 Å². The van der Waals surface area contributed by atoms with Crippen LogP contribution in [0.5, 0.6) is 11.5 Å². The monoisotopic (exact) mass is 587 g/mol. The molecule has 0 atom stereocenters. The van der Waals surface area contributed by atoms with Gasteiger partial charge in [0, 0.05) is 16.7 Å². The number of nitrogens with one attached hydrogen (secondary N) is 1. The minimum absolute atomic E-state index is 0.00449. The number of nitrogens with zero attached hydrogens (tertiary/aromatic N) is 2. The SMILES string of the molecule is COc1ccc(OC)c(N(CC(=O)N/N=C\c2ccc(-c3ccc(Cl)cc3Cl)o2)S(=O)(=O)c2ccccc2)c1. The lowest BCUT2D eigenvalue weighted by Gasteiger charge is -2.25. The summed E-state index contributed by atoms with van der Waals surface area (Å²) in [5, 5.41) is 4.83. The molecule has 39 heavy (non-hydrogen) atoms. The van der Waals surface area contributed by atoms with E-state index in [0.717, 1.165) is 4.31 Å². The Hall–Kier alpha value is -3.99. The first-order valence-corrected chi connectivity index (χ1v) is 13.6. The smallest absolute Gasteiger partial charge is 0.264 e. The van der Waals surface area contributed by atoms with Crippen LogP contribution in [0.15, 0.2) is 93.3 Å². The highest BCUT2D eigenvalue weighted by Gasteiger charge is 2.30. The van der Waals surface area contributed by atoms with Gasteiger partial charge < -0.3 is 13.9 Å². The van der Waals surface area contributed by atoms with Gasteiger partial charge in [-0.05, 0) is 54.6 Å². The lowest BCUT2D eigenvalue weighted by Crippen LogP contribution is -2.39. The van der Waals surface area contributed by atoms with E-state index in [2.05, 4.69) is 10.5 Å². The molecule has 4 aromatic rings. The third kappa shape index (κ3) is 6.54. The standard InChI is InChI=1S/C27H23Cl2N3O6S/c1-36-19-9-13-26(37-2)24(15-19)32(39(34,35)21-6-4-3-5-7-21)17-27(33)31-30-16-20-10-12-25(38-20)22-11-8-18(28)14-23(22)29/h3-16H,17H2,1-2H3,(H,31,33)/b30-16-. The average molecular weight is 588 g/mol. The number of carbonyl (C=O) groups is 1. The van der Waals surface area contributed by atoms with E-state index < -0.39 is 22.5 Å². The Morgan fingerprint density at radius 2 is 1.77 bits per heavy atom. The van der Waals surface area contributed by atoms with Gasteiger partial charge in [-0.25, -0.2) is 13.8 Å². The first-order valence-electron chi connectivity index (χ1n) is 11.4. The second kappa shape index (κ2) is 12.2. The fraction of sp³-hybridized carbons (Fsp3) is 0.111. The Bertz CT molecular complexity index is 1610. The van der Waals surface area contributed by atoms with Gasteiger partial charge in [0.1, 0.15) is 29.6 Å². The van der Waals surface area contributed by atoms with Crippen LogP contribution in [0.1, 0.15) is 5.76 Å². The van der Waals surface area contributed by atoms with Crippen molar-refractivity contribution in [2.45, 2.75) is 4.90 Å². The van der Waals surface area contributed by atoms with Crippen molar-refractivity contribution in [3.63, 3.8) is 0 Å². The highest BCUT2D eigenvalue weighted by Crippen LogP contribution is 2.35. The van der Waals surface area contributed by atoms with Gasteiger partial charge in [0.2, 0.25) is 0 Å².